The molecule has 0 fully saturated rings. The molecule has 0 aliphatic carbocycles. The SMILES string of the molecule is COc1cc([C@@H](C)NC/C=C\C(C)(C)C)ccc1F. The van der Waals surface area contributed by atoms with Crippen molar-refractivity contribution >= 4 is 0 Å². The van der Waals surface area contributed by atoms with E-state index < -0.39 is 0 Å². The molecule has 1 atom stereocenters. The van der Waals surface area contributed by atoms with E-state index in [2.05, 4.69) is 45.2 Å². The first-order valence-electron chi connectivity index (χ1n) is 6.58. The average Bonchev–Trinajstić information content (AvgIpc) is 2.33. The second-order valence-corrected chi connectivity index (χ2v) is 5.79. The number of rotatable bonds is 5. The van der Waals surface area contributed by atoms with Gasteiger partial charge in [0.2, 0.25) is 0 Å². The Kier molecular flexibility index (Phi) is 5.55. The summed E-state index contributed by atoms with van der Waals surface area (Å²) < 4.78 is 18.3. The third-order valence-electron chi connectivity index (χ3n) is 2.83. The number of benzene rings is 1. The maximum atomic E-state index is 13.3. The van der Waals surface area contributed by atoms with Gasteiger partial charge in [0.05, 0.1) is 7.11 Å². The fraction of sp³-hybridized carbons (Fsp3) is 0.500. The van der Waals surface area contributed by atoms with E-state index in [9.17, 15) is 4.39 Å². The Morgan fingerprint density at radius 1 is 1.37 bits per heavy atom. The first-order chi connectivity index (χ1) is 8.83. The molecule has 0 saturated heterocycles. The van der Waals surface area contributed by atoms with Gasteiger partial charge < -0.3 is 10.1 Å². The zero-order chi connectivity index (χ0) is 14.5. The highest BCUT2D eigenvalue weighted by Gasteiger charge is 2.09. The van der Waals surface area contributed by atoms with E-state index in [0.29, 0.717) is 0 Å². The molecule has 0 amide bonds. The summed E-state index contributed by atoms with van der Waals surface area (Å²) >= 11 is 0. The molecule has 19 heavy (non-hydrogen) atoms. The molecule has 1 N–H and O–H groups in total. The average molecular weight is 265 g/mol. The number of allylic oxidation sites excluding steroid dienone is 1. The van der Waals surface area contributed by atoms with Gasteiger partial charge in [0.15, 0.2) is 11.6 Å². The van der Waals surface area contributed by atoms with Crippen molar-refractivity contribution in [3.63, 3.8) is 0 Å². The molecule has 0 aromatic heterocycles. The molecule has 0 unspecified atom stereocenters. The highest BCUT2D eigenvalue weighted by Crippen LogP contribution is 2.22. The number of halogens is 1. The number of ether oxygens (including phenoxy) is 1. The maximum Gasteiger partial charge on any atom is 0.165 e. The maximum absolute atomic E-state index is 13.3. The van der Waals surface area contributed by atoms with Crippen LogP contribution in [0.3, 0.4) is 0 Å². The second kappa shape index (κ2) is 6.71. The summed E-state index contributed by atoms with van der Waals surface area (Å²) in [4.78, 5) is 0. The van der Waals surface area contributed by atoms with Crippen molar-refractivity contribution in [3.8, 4) is 5.75 Å². The van der Waals surface area contributed by atoms with Crippen molar-refractivity contribution in [2.45, 2.75) is 33.7 Å². The molecule has 0 spiro atoms. The molecule has 106 valence electrons. The lowest BCUT2D eigenvalue weighted by atomic mass is 9.96. The minimum absolute atomic E-state index is 0.152. The molecule has 1 aromatic rings. The Bertz CT molecular complexity index is 435. The highest BCUT2D eigenvalue weighted by molar-refractivity contribution is 5.31. The zero-order valence-corrected chi connectivity index (χ0v) is 12.5. The standard InChI is InChI=1S/C16H24FNO/c1-12(18-10-6-9-16(2,3)4)13-7-8-14(17)15(11-13)19-5/h6-9,11-12,18H,10H2,1-5H3/b9-6-/t12-/m1/s1. The van der Waals surface area contributed by atoms with Crippen LogP contribution in [-0.4, -0.2) is 13.7 Å². The van der Waals surface area contributed by atoms with Crippen LogP contribution in [0.15, 0.2) is 30.4 Å². The van der Waals surface area contributed by atoms with Crippen molar-refractivity contribution < 1.29 is 9.13 Å². The fourth-order valence-corrected chi connectivity index (χ4v) is 1.72. The molecule has 0 aliphatic heterocycles. The predicted molar refractivity (Wildman–Crippen MR) is 78.0 cm³/mol. The van der Waals surface area contributed by atoms with Gasteiger partial charge in [-0.3, -0.25) is 0 Å². The molecule has 0 saturated carbocycles. The summed E-state index contributed by atoms with van der Waals surface area (Å²) in [7, 11) is 1.48. The van der Waals surface area contributed by atoms with Crippen molar-refractivity contribution in [2.75, 3.05) is 13.7 Å². The molecule has 0 bridgehead atoms. The summed E-state index contributed by atoms with van der Waals surface area (Å²) in [5.74, 6) is -0.0394. The van der Waals surface area contributed by atoms with Gasteiger partial charge in [0, 0.05) is 12.6 Å². The lowest BCUT2D eigenvalue weighted by Gasteiger charge is -2.15. The largest absolute Gasteiger partial charge is 0.494 e. The Morgan fingerprint density at radius 2 is 2.05 bits per heavy atom. The first kappa shape index (κ1) is 15.7. The zero-order valence-electron chi connectivity index (χ0n) is 12.5. The molecular weight excluding hydrogens is 241 g/mol. The van der Waals surface area contributed by atoms with Crippen LogP contribution in [0.4, 0.5) is 4.39 Å². The second-order valence-electron chi connectivity index (χ2n) is 5.79. The van der Waals surface area contributed by atoms with E-state index in [1.54, 1.807) is 12.1 Å². The van der Waals surface area contributed by atoms with Gasteiger partial charge >= 0.3 is 0 Å². The van der Waals surface area contributed by atoms with Gasteiger partial charge in [0.25, 0.3) is 0 Å². The molecule has 2 nitrogen and oxygen atoms in total. The molecule has 0 heterocycles. The van der Waals surface area contributed by atoms with Gasteiger partial charge in [-0.1, -0.05) is 39.0 Å². The van der Waals surface area contributed by atoms with Crippen LogP contribution in [0.25, 0.3) is 0 Å². The van der Waals surface area contributed by atoms with Crippen LogP contribution in [0.2, 0.25) is 0 Å². The van der Waals surface area contributed by atoms with Gasteiger partial charge in [-0.25, -0.2) is 4.39 Å². The van der Waals surface area contributed by atoms with Crippen molar-refractivity contribution in [1.29, 1.82) is 0 Å². The number of methoxy groups -OCH3 is 1. The molecule has 1 aromatic carbocycles. The van der Waals surface area contributed by atoms with E-state index in [0.717, 1.165) is 12.1 Å². The van der Waals surface area contributed by atoms with E-state index in [1.165, 1.54) is 13.2 Å². The molecule has 1 rings (SSSR count). The predicted octanol–water partition coefficient (Wildman–Crippen LogP) is 4.09. The normalized spacial score (nSPS) is 13.8. The summed E-state index contributed by atoms with van der Waals surface area (Å²) in [6.45, 7) is 9.34. The van der Waals surface area contributed by atoms with Crippen LogP contribution in [0.1, 0.15) is 39.3 Å². The van der Waals surface area contributed by atoms with Crippen LogP contribution in [-0.2, 0) is 0 Å². The lowest BCUT2D eigenvalue weighted by molar-refractivity contribution is 0.385. The molecular formula is C16H24FNO. The minimum Gasteiger partial charge on any atom is -0.494 e. The first-order valence-corrected chi connectivity index (χ1v) is 6.58. The summed E-state index contributed by atoms with van der Waals surface area (Å²) in [5.41, 5.74) is 1.21. The van der Waals surface area contributed by atoms with E-state index in [-0.39, 0.29) is 23.0 Å². The quantitative estimate of drug-likeness (QED) is 0.810. The van der Waals surface area contributed by atoms with Crippen molar-refractivity contribution in [2.24, 2.45) is 5.41 Å². The Hall–Kier alpha value is -1.35. The van der Waals surface area contributed by atoms with Crippen LogP contribution < -0.4 is 10.1 Å². The van der Waals surface area contributed by atoms with Gasteiger partial charge in [-0.05, 0) is 30.0 Å². The van der Waals surface area contributed by atoms with Crippen LogP contribution in [0.5, 0.6) is 5.75 Å². The Labute approximate surface area is 115 Å². The van der Waals surface area contributed by atoms with Crippen LogP contribution >= 0.6 is 0 Å². The van der Waals surface area contributed by atoms with Crippen LogP contribution in [0, 0.1) is 11.2 Å². The summed E-state index contributed by atoms with van der Waals surface area (Å²) in [5, 5.41) is 3.38. The molecule has 0 radical (unpaired) electrons. The summed E-state index contributed by atoms with van der Waals surface area (Å²) in [6, 6.07) is 5.11. The third-order valence-corrected chi connectivity index (χ3v) is 2.83. The minimum atomic E-state index is -0.328. The topological polar surface area (TPSA) is 21.3 Å². The van der Waals surface area contributed by atoms with Gasteiger partial charge in [-0.2, -0.15) is 0 Å². The molecule has 0 aliphatic rings. The van der Waals surface area contributed by atoms with Crippen molar-refractivity contribution in [1.82, 2.24) is 5.32 Å². The number of nitrogens with one attached hydrogen (secondary N) is 1. The van der Waals surface area contributed by atoms with Gasteiger partial charge in [-0.15, -0.1) is 0 Å². The highest BCUT2D eigenvalue weighted by atomic mass is 19.1. The summed E-state index contributed by atoms with van der Waals surface area (Å²) in [6.07, 6.45) is 4.30. The van der Waals surface area contributed by atoms with E-state index >= 15 is 0 Å². The smallest absolute Gasteiger partial charge is 0.165 e. The Balaban J connectivity index is 2.59. The number of hydrogen-bond acceptors (Lipinski definition) is 2. The third kappa shape index (κ3) is 5.43. The Morgan fingerprint density at radius 3 is 2.63 bits per heavy atom. The monoisotopic (exact) mass is 265 g/mol. The molecule has 3 heteroatoms. The number of hydrogen-bond donors (Lipinski definition) is 1. The van der Waals surface area contributed by atoms with Gasteiger partial charge in [0.1, 0.15) is 0 Å². The van der Waals surface area contributed by atoms with E-state index in [4.69, 9.17) is 4.74 Å². The van der Waals surface area contributed by atoms with E-state index in [1.807, 2.05) is 0 Å². The lowest BCUT2D eigenvalue weighted by Crippen LogP contribution is -2.19. The van der Waals surface area contributed by atoms with Crippen molar-refractivity contribution in [3.05, 3.63) is 41.7 Å². The fourth-order valence-electron chi connectivity index (χ4n) is 1.72.